The van der Waals surface area contributed by atoms with E-state index in [9.17, 15) is 14.9 Å². The molecule has 0 aliphatic carbocycles. The van der Waals surface area contributed by atoms with Gasteiger partial charge < -0.3 is 5.32 Å². The number of nitrogens with one attached hydrogen (secondary N) is 1. The van der Waals surface area contributed by atoms with Crippen molar-refractivity contribution in [1.82, 2.24) is 10.2 Å². The summed E-state index contributed by atoms with van der Waals surface area (Å²) in [4.78, 5) is 22.5. The zero-order valence-corrected chi connectivity index (χ0v) is 16.2. The van der Waals surface area contributed by atoms with Crippen molar-refractivity contribution in [2.24, 2.45) is 0 Å². The van der Waals surface area contributed by atoms with Gasteiger partial charge in [0.2, 0.25) is 5.13 Å². The van der Waals surface area contributed by atoms with Crippen molar-refractivity contribution in [2.75, 3.05) is 11.9 Å². The van der Waals surface area contributed by atoms with E-state index >= 15 is 0 Å². The number of carbonyl (C=O) groups excluding carboxylic acids is 1. The molecule has 0 saturated carbocycles. The molecule has 0 spiro atoms. The molecule has 1 heterocycles. The molecule has 0 aliphatic heterocycles. The molecule has 1 N–H and O–H groups in total. The van der Waals surface area contributed by atoms with Crippen LogP contribution >= 0.6 is 34.7 Å². The number of nitrogens with zero attached hydrogens (tertiary/aromatic N) is 3. The maximum atomic E-state index is 12.2. The summed E-state index contributed by atoms with van der Waals surface area (Å²) >= 11 is 8.97. The second-order valence-electron chi connectivity index (χ2n) is 5.34. The number of ketones is 1. The molecule has 0 aliphatic rings. The minimum atomic E-state index is -0.530. The molecule has 7 nitrogen and oxygen atoms in total. The molecule has 27 heavy (non-hydrogen) atoms. The van der Waals surface area contributed by atoms with E-state index in [2.05, 4.69) is 15.5 Å². The first-order chi connectivity index (χ1) is 13.0. The van der Waals surface area contributed by atoms with E-state index in [-0.39, 0.29) is 23.6 Å². The van der Waals surface area contributed by atoms with Gasteiger partial charge in [-0.3, -0.25) is 14.9 Å². The summed E-state index contributed by atoms with van der Waals surface area (Å²) in [6.45, 7) is -0.0228. The van der Waals surface area contributed by atoms with Crippen LogP contribution in [0.4, 0.5) is 10.8 Å². The van der Waals surface area contributed by atoms with Gasteiger partial charge >= 0.3 is 0 Å². The van der Waals surface area contributed by atoms with Gasteiger partial charge in [-0.25, -0.2) is 0 Å². The quantitative estimate of drug-likeness (QED) is 0.244. The van der Waals surface area contributed by atoms with Gasteiger partial charge in [0.05, 0.1) is 11.5 Å². The molecule has 0 bridgehead atoms. The fourth-order valence-electron chi connectivity index (χ4n) is 2.15. The van der Waals surface area contributed by atoms with Crippen molar-refractivity contribution in [2.45, 2.75) is 10.1 Å². The zero-order chi connectivity index (χ0) is 19.2. The van der Waals surface area contributed by atoms with E-state index < -0.39 is 4.92 Å². The van der Waals surface area contributed by atoms with Crippen LogP contribution in [-0.2, 0) is 5.75 Å². The van der Waals surface area contributed by atoms with E-state index in [4.69, 9.17) is 11.6 Å². The maximum absolute atomic E-state index is 12.2. The second kappa shape index (κ2) is 8.94. The summed E-state index contributed by atoms with van der Waals surface area (Å²) < 4.78 is 0.750. The summed E-state index contributed by atoms with van der Waals surface area (Å²) in [7, 11) is 0. The first-order valence-electron chi connectivity index (χ1n) is 7.74. The van der Waals surface area contributed by atoms with Crippen molar-refractivity contribution in [3.05, 3.63) is 74.8 Å². The van der Waals surface area contributed by atoms with Crippen molar-refractivity contribution in [3.8, 4) is 0 Å². The normalized spacial score (nSPS) is 10.6. The van der Waals surface area contributed by atoms with Gasteiger partial charge in [-0.05, 0) is 11.6 Å². The lowest BCUT2D eigenvalue weighted by Crippen LogP contribution is -2.14. The van der Waals surface area contributed by atoms with Crippen LogP contribution in [0.25, 0.3) is 0 Å². The summed E-state index contributed by atoms with van der Waals surface area (Å²) in [6.07, 6.45) is 0. The SMILES string of the molecule is O=C(CNc1nnc(SCc2ccccc2Cl)s1)c1cccc([N+](=O)[O-])c1. The first-order valence-corrected chi connectivity index (χ1v) is 9.92. The van der Waals surface area contributed by atoms with Gasteiger partial charge in [0.1, 0.15) is 0 Å². The number of hydrogen-bond acceptors (Lipinski definition) is 8. The molecule has 0 radical (unpaired) electrons. The van der Waals surface area contributed by atoms with E-state index in [1.165, 1.54) is 41.3 Å². The molecule has 138 valence electrons. The Balaban J connectivity index is 1.55. The lowest BCUT2D eigenvalue weighted by molar-refractivity contribution is -0.384. The van der Waals surface area contributed by atoms with Gasteiger partial charge in [0, 0.05) is 28.5 Å². The predicted octanol–water partition coefficient (Wildman–Crippen LogP) is 4.69. The standard InChI is InChI=1S/C17H13ClN4O3S2/c18-14-7-2-1-4-12(14)10-26-17-21-20-16(27-17)19-9-15(23)11-5-3-6-13(8-11)22(24)25/h1-8H,9-10H2,(H,19,20). The average molecular weight is 421 g/mol. The van der Waals surface area contributed by atoms with Crippen LogP contribution in [0, 0.1) is 10.1 Å². The Morgan fingerprint density at radius 3 is 2.81 bits per heavy atom. The molecule has 0 saturated heterocycles. The third-order valence-electron chi connectivity index (χ3n) is 3.49. The van der Waals surface area contributed by atoms with Crippen molar-refractivity contribution in [1.29, 1.82) is 0 Å². The Morgan fingerprint density at radius 1 is 1.22 bits per heavy atom. The van der Waals surface area contributed by atoms with Crippen molar-refractivity contribution < 1.29 is 9.72 Å². The average Bonchev–Trinajstić information content (AvgIpc) is 3.13. The summed E-state index contributed by atoms with van der Waals surface area (Å²) in [5, 5.41) is 23.0. The van der Waals surface area contributed by atoms with E-state index in [1.807, 2.05) is 24.3 Å². The molecule has 2 aromatic carbocycles. The van der Waals surface area contributed by atoms with E-state index in [0.717, 1.165) is 9.90 Å². The Hall–Kier alpha value is -2.49. The molecule has 0 atom stereocenters. The summed E-state index contributed by atoms with van der Waals surface area (Å²) in [5.41, 5.74) is 1.17. The molecular weight excluding hydrogens is 408 g/mol. The number of halogens is 1. The second-order valence-corrected chi connectivity index (χ2v) is 7.94. The topological polar surface area (TPSA) is 98.0 Å². The highest BCUT2D eigenvalue weighted by Crippen LogP contribution is 2.30. The smallest absolute Gasteiger partial charge is 0.270 e. The highest BCUT2D eigenvalue weighted by Gasteiger charge is 2.13. The minimum Gasteiger partial charge on any atom is -0.353 e. The third kappa shape index (κ3) is 5.25. The molecule has 3 rings (SSSR count). The lowest BCUT2D eigenvalue weighted by Gasteiger charge is -2.02. The van der Waals surface area contributed by atoms with Gasteiger partial charge in [-0.2, -0.15) is 0 Å². The Kier molecular flexibility index (Phi) is 6.38. The number of non-ortho nitro benzene ring substituents is 1. The Bertz CT molecular complexity index is 980. The highest BCUT2D eigenvalue weighted by molar-refractivity contribution is 8.00. The van der Waals surface area contributed by atoms with Crippen LogP contribution in [-0.4, -0.2) is 27.4 Å². The number of Topliss-reactive ketones (excluding diaryl/α,β-unsaturated/α-hetero) is 1. The molecule has 0 fully saturated rings. The van der Waals surface area contributed by atoms with Gasteiger partial charge in [-0.1, -0.05) is 65.0 Å². The van der Waals surface area contributed by atoms with Crippen LogP contribution in [0.5, 0.6) is 0 Å². The molecule has 3 aromatic rings. The van der Waals surface area contributed by atoms with Crippen molar-refractivity contribution >= 4 is 51.3 Å². The third-order valence-corrected chi connectivity index (χ3v) is 5.93. The first kappa shape index (κ1) is 19.3. The van der Waals surface area contributed by atoms with Crippen molar-refractivity contribution in [3.63, 3.8) is 0 Å². The minimum absolute atomic E-state index is 0.0228. The fraction of sp³-hybridized carbons (Fsp3) is 0.118. The van der Waals surface area contributed by atoms with Gasteiger partial charge in [0.15, 0.2) is 10.1 Å². The van der Waals surface area contributed by atoms with Crippen LogP contribution in [0.3, 0.4) is 0 Å². The number of nitro benzene ring substituents is 1. The number of rotatable bonds is 8. The predicted molar refractivity (Wildman–Crippen MR) is 107 cm³/mol. The molecule has 0 amide bonds. The number of hydrogen-bond donors (Lipinski definition) is 1. The van der Waals surface area contributed by atoms with Crippen LogP contribution in [0.1, 0.15) is 15.9 Å². The fourth-order valence-corrected chi connectivity index (χ4v) is 4.18. The molecule has 10 heteroatoms. The number of benzene rings is 2. The Labute approximate surface area is 167 Å². The molecule has 0 unspecified atom stereocenters. The van der Waals surface area contributed by atoms with Crippen LogP contribution in [0.2, 0.25) is 5.02 Å². The number of nitro groups is 1. The van der Waals surface area contributed by atoms with Gasteiger partial charge in [-0.15, -0.1) is 10.2 Å². The van der Waals surface area contributed by atoms with Crippen LogP contribution in [0.15, 0.2) is 52.9 Å². The molecular formula is C17H13ClN4O3S2. The van der Waals surface area contributed by atoms with E-state index in [0.29, 0.717) is 15.9 Å². The monoisotopic (exact) mass is 420 g/mol. The van der Waals surface area contributed by atoms with Crippen LogP contribution < -0.4 is 5.32 Å². The maximum Gasteiger partial charge on any atom is 0.270 e. The Morgan fingerprint density at radius 2 is 2.04 bits per heavy atom. The zero-order valence-electron chi connectivity index (χ0n) is 13.8. The highest BCUT2D eigenvalue weighted by atomic mass is 35.5. The number of anilines is 1. The largest absolute Gasteiger partial charge is 0.353 e. The number of carbonyl (C=O) groups is 1. The van der Waals surface area contributed by atoms with Gasteiger partial charge in [0.25, 0.3) is 5.69 Å². The summed E-state index contributed by atoms with van der Waals surface area (Å²) in [6, 6.07) is 13.2. The number of thioether (sulfide) groups is 1. The lowest BCUT2D eigenvalue weighted by atomic mass is 10.1. The molecule has 1 aromatic heterocycles. The van der Waals surface area contributed by atoms with E-state index in [1.54, 1.807) is 6.07 Å². The number of aromatic nitrogens is 2. The summed E-state index contributed by atoms with van der Waals surface area (Å²) in [5.74, 6) is 0.403.